The molecule has 2 aromatic rings. The van der Waals surface area contributed by atoms with Gasteiger partial charge in [0.2, 0.25) is 0 Å². The lowest BCUT2D eigenvalue weighted by molar-refractivity contribution is 0.584. The first kappa shape index (κ1) is 14.3. The van der Waals surface area contributed by atoms with Crippen LogP contribution < -0.4 is 5.73 Å². The molecule has 2 N–H and O–H groups in total. The SMILES string of the molecule is NC(Cc1ccccc1F)Cc1ccc(Cl)cc1Cl. The van der Waals surface area contributed by atoms with Gasteiger partial charge in [0.05, 0.1) is 0 Å². The minimum Gasteiger partial charge on any atom is -0.327 e. The molecule has 2 aromatic carbocycles. The molecule has 0 radical (unpaired) electrons. The fourth-order valence-electron chi connectivity index (χ4n) is 1.99. The van der Waals surface area contributed by atoms with E-state index in [1.54, 1.807) is 30.3 Å². The van der Waals surface area contributed by atoms with Gasteiger partial charge in [0.25, 0.3) is 0 Å². The maximum absolute atomic E-state index is 13.5. The minimum atomic E-state index is -0.222. The lowest BCUT2D eigenvalue weighted by Gasteiger charge is -2.13. The average molecular weight is 298 g/mol. The molecule has 100 valence electrons. The van der Waals surface area contributed by atoms with Gasteiger partial charge in [-0.05, 0) is 42.2 Å². The van der Waals surface area contributed by atoms with Crippen molar-refractivity contribution in [2.75, 3.05) is 0 Å². The third-order valence-corrected chi connectivity index (χ3v) is 3.52. The Kier molecular flexibility index (Phi) is 4.81. The molecule has 0 amide bonds. The largest absolute Gasteiger partial charge is 0.327 e. The Morgan fingerprint density at radius 2 is 1.68 bits per heavy atom. The van der Waals surface area contributed by atoms with E-state index < -0.39 is 0 Å². The van der Waals surface area contributed by atoms with Crippen LogP contribution in [0.1, 0.15) is 11.1 Å². The smallest absolute Gasteiger partial charge is 0.126 e. The van der Waals surface area contributed by atoms with Crippen LogP contribution in [0.3, 0.4) is 0 Å². The Bertz CT molecular complexity index is 572. The van der Waals surface area contributed by atoms with Crippen molar-refractivity contribution >= 4 is 23.2 Å². The van der Waals surface area contributed by atoms with Gasteiger partial charge < -0.3 is 5.73 Å². The molecule has 0 spiro atoms. The van der Waals surface area contributed by atoms with Gasteiger partial charge >= 0.3 is 0 Å². The zero-order valence-electron chi connectivity index (χ0n) is 10.2. The molecule has 0 heterocycles. The molecule has 1 unspecified atom stereocenters. The summed E-state index contributed by atoms with van der Waals surface area (Å²) in [5.41, 5.74) is 7.61. The number of hydrogen-bond donors (Lipinski definition) is 1. The average Bonchev–Trinajstić information content (AvgIpc) is 2.36. The van der Waals surface area contributed by atoms with Crippen molar-refractivity contribution in [2.24, 2.45) is 5.73 Å². The summed E-state index contributed by atoms with van der Waals surface area (Å²) < 4.78 is 13.5. The van der Waals surface area contributed by atoms with Crippen LogP contribution in [0.2, 0.25) is 10.0 Å². The molecule has 0 fully saturated rings. The van der Waals surface area contributed by atoms with E-state index in [0.717, 1.165) is 5.56 Å². The first-order valence-corrected chi connectivity index (χ1v) is 6.75. The van der Waals surface area contributed by atoms with E-state index in [9.17, 15) is 4.39 Å². The molecule has 1 atom stereocenters. The van der Waals surface area contributed by atoms with Crippen LogP contribution in [0.25, 0.3) is 0 Å². The van der Waals surface area contributed by atoms with Crippen LogP contribution >= 0.6 is 23.2 Å². The molecule has 0 aliphatic heterocycles. The summed E-state index contributed by atoms with van der Waals surface area (Å²) in [6.07, 6.45) is 1.07. The lowest BCUT2D eigenvalue weighted by Crippen LogP contribution is -2.26. The summed E-state index contributed by atoms with van der Waals surface area (Å²) >= 11 is 11.9. The summed E-state index contributed by atoms with van der Waals surface area (Å²) in [7, 11) is 0. The van der Waals surface area contributed by atoms with E-state index in [-0.39, 0.29) is 11.9 Å². The fraction of sp³-hybridized carbons (Fsp3) is 0.200. The Morgan fingerprint density at radius 3 is 2.37 bits per heavy atom. The summed E-state index contributed by atoms with van der Waals surface area (Å²) in [6, 6.07) is 11.8. The standard InChI is InChI=1S/C15H14Cl2FN/c16-12-6-5-10(14(17)9-12)7-13(19)8-11-3-1-2-4-15(11)18/h1-6,9,13H,7-8,19H2. The highest BCUT2D eigenvalue weighted by atomic mass is 35.5. The highest BCUT2D eigenvalue weighted by Crippen LogP contribution is 2.22. The van der Waals surface area contributed by atoms with E-state index >= 15 is 0 Å². The van der Waals surface area contributed by atoms with Crippen molar-refractivity contribution in [3.05, 3.63) is 69.5 Å². The molecule has 4 heteroatoms. The van der Waals surface area contributed by atoms with Crippen molar-refractivity contribution in [3.8, 4) is 0 Å². The van der Waals surface area contributed by atoms with Crippen LogP contribution in [0.4, 0.5) is 4.39 Å². The molecular formula is C15H14Cl2FN. The van der Waals surface area contributed by atoms with E-state index in [4.69, 9.17) is 28.9 Å². The Balaban J connectivity index is 2.05. The number of benzene rings is 2. The Hall–Kier alpha value is -1.09. The van der Waals surface area contributed by atoms with Gasteiger partial charge in [-0.2, -0.15) is 0 Å². The molecule has 19 heavy (non-hydrogen) atoms. The van der Waals surface area contributed by atoms with Gasteiger partial charge in [-0.25, -0.2) is 4.39 Å². The number of nitrogens with two attached hydrogens (primary N) is 1. The summed E-state index contributed by atoms with van der Waals surface area (Å²) in [4.78, 5) is 0. The molecule has 0 aromatic heterocycles. The van der Waals surface area contributed by atoms with E-state index in [0.29, 0.717) is 28.5 Å². The van der Waals surface area contributed by atoms with Crippen LogP contribution in [0, 0.1) is 5.82 Å². The van der Waals surface area contributed by atoms with Crippen molar-refractivity contribution in [1.29, 1.82) is 0 Å². The van der Waals surface area contributed by atoms with Crippen LogP contribution in [-0.4, -0.2) is 6.04 Å². The van der Waals surface area contributed by atoms with Gasteiger partial charge in [-0.15, -0.1) is 0 Å². The molecule has 2 rings (SSSR count). The molecule has 0 aliphatic carbocycles. The van der Waals surface area contributed by atoms with Crippen molar-refractivity contribution in [2.45, 2.75) is 18.9 Å². The third-order valence-electron chi connectivity index (χ3n) is 2.94. The summed E-state index contributed by atoms with van der Waals surface area (Å²) in [5, 5.41) is 1.19. The van der Waals surface area contributed by atoms with E-state index in [1.165, 1.54) is 6.07 Å². The maximum Gasteiger partial charge on any atom is 0.126 e. The molecule has 0 aliphatic rings. The van der Waals surface area contributed by atoms with E-state index in [1.807, 2.05) is 6.07 Å². The summed E-state index contributed by atoms with van der Waals surface area (Å²) in [6.45, 7) is 0. The van der Waals surface area contributed by atoms with Crippen LogP contribution in [-0.2, 0) is 12.8 Å². The number of hydrogen-bond acceptors (Lipinski definition) is 1. The van der Waals surface area contributed by atoms with Crippen LogP contribution in [0.15, 0.2) is 42.5 Å². The molecule has 1 nitrogen and oxygen atoms in total. The fourth-order valence-corrected chi connectivity index (χ4v) is 2.47. The molecule has 0 bridgehead atoms. The topological polar surface area (TPSA) is 26.0 Å². The molecule has 0 saturated heterocycles. The minimum absolute atomic E-state index is 0.185. The number of rotatable bonds is 4. The zero-order valence-corrected chi connectivity index (χ0v) is 11.8. The second-order valence-electron chi connectivity index (χ2n) is 4.50. The van der Waals surface area contributed by atoms with Crippen LogP contribution in [0.5, 0.6) is 0 Å². The quantitative estimate of drug-likeness (QED) is 0.897. The maximum atomic E-state index is 13.5. The van der Waals surface area contributed by atoms with Gasteiger partial charge in [0.15, 0.2) is 0 Å². The Morgan fingerprint density at radius 1 is 1.00 bits per heavy atom. The Labute approximate surface area is 122 Å². The number of halogens is 3. The monoisotopic (exact) mass is 297 g/mol. The van der Waals surface area contributed by atoms with Gasteiger partial charge in [0, 0.05) is 16.1 Å². The first-order chi connectivity index (χ1) is 9.06. The highest BCUT2D eigenvalue weighted by Gasteiger charge is 2.11. The van der Waals surface area contributed by atoms with E-state index in [2.05, 4.69) is 0 Å². The third kappa shape index (κ3) is 3.93. The van der Waals surface area contributed by atoms with Crippen molar-refractivity contribution < 1.29 is 4.39 Å². The first-order valence-electron chi connectivity index (χ1n) is 5.99. The highest BCUT2D eigenvalue weighted by molar-refractivity contribution is 6.35. The molecule has 0 saturated carbocycles. The van der Waals surface area contributed by atoms with Crippen molar-refractivity contribution in [3.63, 3.8) is 0 Å². The second-order valence-corrected chi connectivity index (χ2v) is 5.34. The van der Waals surface area contributed by atoms with Gasteiger partial charge in [0.1, 0.15) is 5.82 Å². The van der Waals surface area contributed by atoms with Gasteiger partial charge in [-0.3, -0.25) is 0 Å². The summed E-state index contributed by atoms with van der Waals surface area (Å²) in [5.74, 6) is -0.222. The predicted octanol–water partition coefficient (Wildman–Crippen LogP) is 4.25. The van der Waals surface area contributed by atoms with Gasteiger partial charge in [-0.1, -0.05) is 47.5 Å². The predicted molar refractivity (Wildman–Crippen MR) is 78.2 cm³/mol. The zero-order chi connectivity index (χ0) is 13.8. The second kappa shape index (κ2) is 6.38. The normalized spacial score (nSPS) is 12.4. The lowest BCUT2D eigenvalue weighted by atomic mass is 9.99. The van der Waals surface area contributed by atoms with Crippen molar-refractivity contribution in [1.82, 2.24) is 0 Å². The molecular weight excluding hydrogens is 284 g/mol.